The fourth-order valence-electron chi connectivity index (χ4n) is 2.59. The highest BCUT2D eigenvalue weighted by atomic mass is 35.5. The third-order valence-electron chi connectivity index (χ3n) is 3.79. The van der Waals surface area contributed by atoms with E-state index in [4.69, 9.17) is 11.6 Å². The van der Waals surface area contributed by atoms with Gasteiger partial charge in [-0.2, -0.15) is 0 Å². The molecule has 3 rings (SSSR count). The van der Waals surface area contributed by atoms with Crippen molar-refractivity contribution in [2.45, 2.75) is 12.3 Å². The number of carbonyl (C=O) groups is 1. The smallest absolute Gasteiger partial charge is 0.271 e. The van der Waals surface area contributed by atoms with Crippen LogP contribution in [0.5, 0.6) is 0 Å². The molecule has 0 aliphatic heterocycles. The van der Waals surface area contributed by atoms with Gasteiger partial charge in [0.15, 0.2) is 0 Å². The van der Waals surface area contributed by atoms with E-state index in [0.717, 1.165) is 6.42 Å². The molecule has 0 fully saturated rings. The van der Waals surface area contributed by atoms with Crippen LogP contribution in [0, 0.1) is 0 Å². The number of nitrogens with one attached hydrogen (secondary N) is 2. The van der Waals surface area contributed by atoms with E-state index in [1.165, 1.54) is 11.1 Å². The molecule has 2 aromatic rings. The Labute approximate surface area is 128 Å². The molecule has 1 amide bonds. The average Bonchev–Trinajstić information content (AvgIpc) is 2.48. The quantitative estimate of drug-likeness (QED) is 0.913. The van der Waals surface area contributed by atoms with Crippen LogP contribution in [0.1, 0.15) is 27.5 Å². The Morgan fingerprint density at radius 2 is 2.14 bits per heavy atom. The maximum absolute atomic E-state index is 12.2. The Hall–Kier alpha value is -2.07. The molecule has 1 unspecified atom stereocenters. The number of pyridine rings is 1. The van der Waals surface area contributed by atoms with Gasteiger partial charge in [-0.05, 0) is 29.7 Å². The lowest BCUT2D eigenvalue weighted by molar-refractivity contribution is 0.0945. The molecule has 0 saturated heterocycles. The third-order valence-corrected chi connectivity index (χ3v) is 4.09. The molecule has 0 saturated carbocycles. The number of amides is 1. The van der Waals surface area contributed by atoms with Crippen LogP contribution in [-0.4, -0.2) is 24.5 Å². The van der Waals surface area contributed by atoms with Crippen molar-refractivity contribution in [1.29, 1.82) is 0 Å². The minimum Gasteiger partial charge on any atom is -0.373 e. The number of hydrogen-bond donors (Lipinski definition) is 2. The first-order valence-electron chi connectivity index (χ1n) is 6.89. The molecule has 1 aromatic heterocycles. The van der Waals surface area contributed by atoms with Crippen LogP contribution in [0.3, 0.4) is 0 Å². The summed E-state index contributed by atoms with van der Waals surface area (Å²) < 4.78 is 0. The zero-order valence-electron chi connectivity index (χ0n) is 11.7. The topological polar surface area (TPSA) is 54.0 Å². The number of nitrogens with zero attached hydrogens (tertiary/aromatic N) is 1. The van der Waals surface area contributed by atoms with E-state index in [0.29, 0.717) is 23.3 Å². The van der Waals surface area contributed by atoms with E-state index in [1.807, 2.05) is 12.1 Å². The Balaban J connectivity index is 1.66. The summed E-state index contributed by atoms with van der Waals surface area (Å²) in [7, 11) is 1.75. The maximum Gasteiger partial charge on any atom is 0.271 e. The second kappa shape index (κ2) is 5.74. The van der Waals surface area contributed by atoms with Gasteiger partial charge >= 0.3 is 0 Å². The Kier molecular flexibility index (Phi) is 3.80. The van der Waals surface area contributed by atoms with Crippen LogP contribution < -0.4 is 10.6 Å². The molecule has 108 valence electrons. The van der Waals surface area contributed by atoms with Crippen molar-refractivity contribution in [3.63, 3.8) is 0 Å². The van der Waals surface area contributed by atoms with Crippen LogP contribution >= 0.6 is 11.6 Å². The van der Waals surface area contributed by atoms with Crippen molar-refractivity contribution in [2.24, 2.45) is 0 Å². The molecule has 1 aliphatic rings. The van der Waals surface area contributed by atoms with Gasteiger partial charge in [-0.1, -0.05) is 35.9 Å². The third kappa shape index (κ3) is 2.72. The van der Waals surface area contributed by atoms with Crippen molar-refractivity contribution in [3.05, 3.63) is 58.2 Å². The molecule has 1 heterocycles. The molecule has 21 heavy (non-hydrogen) atoms. The lowest BCUT2D eigenvalue weighted by Crippen LogP contribution is -2.33. The number of aromatic nitrogens is 1. The van der Waals surface area contributed by atoms with E-state index in [1.54, 1.807) is 19.2 Å². The number of benzene rings is 1. The predicted molar refractivity (Wildman–Crippen MR) is 84.0 cm³/mol. The molecule has 0 radical (unpaired) electrons. The van der Waals surface area contributed by atoms with Gasteiger partial charge in [0.2, 0.25) is 0 Å². The first kappa shape index (κ1) is 13.9. The van der Waals surface area contributed by atoms with E-state index in [-0.39, 0.29) is 11.6 Å². The summed E-state index contributed by atoms with van der Waals surface area (Å²) in [5.41, 5.74) is 2.95. The van der Waals surface area contributed by atoms with E-state index in [2.05, 4.69) is 27.8 Å². The van der Waals surface area contributed by atoms with Crippen LogP contribution in [0.15, 0.2) is 36.4 Å². The highest BCUT2D eigenvalue weighted by molar-refractivity contribution is 6.33. The highest BCUT2D eigenvalue weighted by Crippen LogP contribution is 2.34. The van der Waals surface area contributed by atoms with Crippen molar-refractivity contribution < 1.29 is 4.79 Å². The zero-order chi connectivity index (χ0) is 14.8. The second-order valence-corrected chi connectivity index (χ2v) is 5.49. The molecule has 0 bridgehead atoms. The van der Waals surface area contributed by atoms with Crippen LogP contribution in [-0.2, 0) is 6.42 Å². The molecular weight excluding hydrogens is 286 g/mol. The monoisotopic (exact) mass is 301 g/mol. The van der Waals surface area contributed by atoms with Crippen LogP contribution in [0.4, 0.5) is 5.82 Å². The number of carbonyl (C=O) groups excluding carboxylic acids is 1. The largest absolute Gasteiger partial charge is 0.373 e. The van der Waals surface area contributed by atoms with Gasteiger partial charge < -0.3 is 10.6 Å². The maximum atomic E-state index is 12.2. The van der Waals surface area contributed by atoms with Crippen molar-refractivity contribution >= 4 is 23.3 Å². The SMILES string of the molecule is CNc1ccc(Cl)c(C(=O)NCC2Cc3ccccc32)n1. The van der Waals surface area contributed by atoms with E-state index in [9.17, 15) is 4.79 Å². The fraction of sp³-hybridized carbons (Fsp3) is 0.250. The summed E-state index contributed by atoms with van der Waals surface area (Å²) in [6.07, 6.45) is 1.01. The summed E-state index contributed by atoms with van der Waals surface area (Å²) in [4.78, 5) is 16.4. The first-order valence-corrected chi connectivity index (χ1v) is 7.27. The molecule has 0 spiro atoms. The standard InChI is InChI=1S/C16H16ClN3O/c1-18-14-7-6-13(17)15(20-14)16(21)19-9-11-8-10-4-2-3-5-12(10)11/h2-7,11H,8-9H2,1H3,(H,18,20)(H,19,21). The van der Waals surface area contributed by atoms with E-state index >= 15 is 0 Å². The van der Waals surface area contributed by atoms with Crippen molar-refractivity contribution in [3.8, 4) is 0 Å². The number of halogens is 1. The van der Waals surface area contributed by atoms with Gasteiger partial charge in [-0.15, -0.1) is 0 Å². The molecule has 1 atom stereocenters. The molecule has 4 nitrogen and oxygen atoms in total. The van der Waals surface area contributed by atoms with Gasteiger partial charge in [-0.3, -0.25) is 4.79 Å². The number of rotatable bonds is 4. The van der Waals surface area contributed by atoms with Crippen LogP contribution in [0.25, 0.3) is 0 Å². The van der Waals surface area contributed by atoms with Gasteiger partial charge in [0, 0.05) is 19.5 Å². The van der Waals surface area contributed by atoms with Crippen LogP contribution in [0.2, 0.25) is 5.02 Å². The summed E-state index contributed by atoms with van der Waals surface area (Å²) in [6.45, 7) is 0.609. The highest BCUT2D eigenvalue weighted by Gasteiger charge is 2.26. The molecule has 2 N–H and O–H groups in total. The minimum atomic E-state index is -0.235. The number of fused-ring (bicyclic) bond motifs is 1. The van der Waals surface area contributed by atoms with Gasteiger partial charge in [0.25, 0.3) is 5.91 Å². The number of hydrogen-bond acceptors (Lipinski definition) is 3. The lowest BCUT2D eigenvalue weighted by Gasteiger charge is -2.30. The summed E-state index contributed by atoms with van der Waals surface area (Å²) >= 11 is 6.04. The van der Waals surface area contributed by atoms with Crippen molar-refractivity contribution in [2.75, 3.05) is 18.9 Å². The predicted octanol–water partition coefficient (Wildman–Crippen LogP) is 2.85. The van der Waals surface area contributed by atoms with Crippen molar-refractivity contribution in [1.82, 2.24) is 10.3 Å². The molecular formula is C16H16ClN3O. The molecule has 1 aromatic carbocycles. The Morgan fingerprint density at radius 1 is 1.33 bits per heavy atom. The lowest BCUT2D eigenvalue weighted by atomic mass is 9.77. The minimum absolute atomic E-state index is 0.235. The normalized spacial score (nSPS) is 15.8. The van der Waals surface area contributed by atoms with E-state index < -0.39 is 0 Å². The molecule has 1 aliphatic carbocycles. The first-order chi connectivity index (χ1) is 10.2. The van der Waals surface area contributed by atoms with Gasteiger partial charge in [0.1, 0.15) is 11.5 Å². The summed E-state index contributed by atoms with van der Waals surface area (Å²) in [5, 5.41) is 6.18. The molecule has 5 heteroatoms. The van der Waals surface area contributed by atoms with Gasteiger partial charge in [-0.25, -0.2) is 4.98 Å². The summed E-state index contributed by atoms with van der Waals surface area (Å²) in [6, 6.07) is 11.7. The Morgan fingerprint density at radius 3 is 2.90 bits per heavy atom. The zero-order valence-corrected chi connectivity index (χ0v) is 12.4. The summed E-state index contributed by atoms with van der Waals surface area (Å²) in [5.74, 6) is 0.774. The van der Waals surface area contributed by atoms with Gasteiger partial charge in [0.05, 0.1) is 5.02 Å². The number of anilines is 1. The fourth-order valence-corrected chi connectivity index (χ4v) is 2.78. The Bertz CT molecular complexity index is 687. The average molecular weight is 302 g/mol. The second-order valence-electron chi connectivity index (χ2n) is 5.09.